The summed E-state index contributed by atoms with van der Waals surface area (Å²) in [6, 6.07) is 0. The molecule has 2 atom stereocenters. The van der Waals surface area contributed by atoms with Gasteiger partial charge in [0.05, 0.1) is 6.61 Å². The highest BCUT2D eigenvalue weighted by molar-refractivity contribution is 8.00. The lowest BCUT2D eigenvalue weighted by Crippen LogP contribution is -1.97. The summed E-state index contributed by atoms with van der Waals surface area (Å²) in [5.41, 5.74) is 0.537. The Labute approximate surface area is 112 Å². The molecule has 5 heteroatoms. The van der Waals surface area contributed by atoms with E-state index in [4.69, 9.17) is 14.2 Å². The van der Waals surface area contributed by atoms with Crippen molar-refractivity contribution < 1.29 is 14.2 Å². The molecule has 0 saturated carbocycles. The highest BCUT2D eigenvalue weighted by atomic mass is 32.2. The van der Waals surface area contributed by atoms with Gasteiger partial charge in [-0.2, -0.15) is 11.8 Å². The van der Waals surface area contributed by atoms with E-state index in [-0.39, 0.29) is 6.29 Å². The van der Waals surface area contributed by atoms with Crippen LogP contribution in [-0.4, -0.2) is 48.8 Å². The van der Waals surface area contributed by atoms with Gasteiger partial charge in [0.1, 0.15) is 12.0 Å². The van der Waals surface area contributed by atoms with Crippen molar-refractivity contribution in [2.24, 2.45) is 0 Å². The Bertz CT molecular complexity index is 176. The second-order valence-corrected chi connectivity index (χ2v) is 6.79. The number of hydrogen-bond acceptors (Lipinski definition) is 5. The SMILES string of the molecule is C(CCOC1CO1)CCSCCCSC1CO1. The van der Waals surface area contributed by atoms with E-state index < -0.39 is 0 Å². The van der Waals surface area contributed by atoms with Crippen molar-refractivity contribution in [1.82, 2.24) is 0 Å². The maximum atomic E-state index is 5.40. The first-order chi connectivity index (χ1) is 8.45. The van der Waals surface area contributed by atoms with E-state index in [2.05, 4.69) is 11.8 Å². The van der Waals surface area contributed by atoms with Crippen LogP contribution >= 0.6 is 23.5 Å². The average molecular weight is 278 g/mol. The first-order valence-electron chi connectivity index (χ1n) is 6.49. The van der Waals surface area contributed by atoms with Gasteiger partial charge in [-0.1, -0.05) is 6.42 Å². The Hall–Kier alpha value is 0.580. The molecule has 2 heterocycles. The van der Waals surface area contributed by atoms with E-state index in [9.17, 15) is 0 Å². The van der Waals surface area contributed by atoms with Gasteiger partial charge in [0, 0.05) is 6.61 Å². The lowest BCUT2D eigenvalue weighted by Gasteiger charge is -2.02. The minimum absolute atomic E-state index is 0.136. The van der Waals surface area contributed by atoms with Crippen LogP contribution in [0.2, 0.25) is 0 Å². The van der Waals surface area contributed by atoms with Crippen molar-refractivity contribution in [1.29, 1.82) is 0 Å². The van der Waals surface area contributed by atoms with Crippen molar-refractivity contribution in [3.8, 4) is 0 Å². The van der Waals surface area contributed by atoms with Gasteiger partial charge in [-0.25, -0.2) is 0 Å². The average Bonchev–Trinajstić information content (AvgIpc) is 3.19. The van der Waals surface area contributed by atoms with Crippen LogP contribution in [0.4, 0.5) is 0 Å². The third-order valence-corrected chi connectivity index (χ3v) is 4.90. The van der Waals surface area contributed by atoms with Crippen molar-refractivity contribution in [2.75, 3.05) is 37.1 Å². The summed E-state index contributed by atoms with van der Waals surface area (Å²) in [5.74, 6) is 3.85. The van der Waals surface area contributed by atoms with Gasteiger partial charge in [-0.15, -0.1) is 11.8 Å². The Morgan fingerprint density at radius 1 is 0.941 bits per heavy atom. The van der Waals surface area contributed by atoms with Gasteiger partial charge in [-0.05, 0) is 36.5 Å². The molecule has 0 bridgehead atoms. The fraction of sp³-hybridized carbons (Fsp3) is 1.00. The van der Waals surface area contributed by atoms with Crippen molar-refractivity contribution in [3.63, 3.8) is 0 Å². The second kappa shape index (κ2) is 8.64. The van der Waals surface area contributed by atoms with Gasteiger partial charge in [0.2, 0.25) is 0 Å². The number of rotatable bonds is 12. The van der Waals surface area contributed by atoms with E-state index in [0.29, 0.717) is 5.44 Å². The van der Waals surface area contributed by atoms with Gasteiger partial charge in [0.25, 0.3) is 0 Å². The minimum Gasteiger partial charge on any atom is -0.362 e. The molecule has 100 valence electrons. The third kappa shape index (κ3) is 8.32. The van der Waals surface area contributed by atoms with Crippen molar-refractivity contribution >= 4 is 23.5 Å². The van der Waals surface area contributed by atoms with Gasteiger partial charge < -0.3 is 14.2 Å². The molecule has 2 unspecified atom stereocenters. The lowest BCUT2D eigenvalue weighted by molar-refractivity contribution is 0.0481. The molecular formula is C12H22O3S2. The fourth-order valence-electron chi connectivity index (χ4n) is 1.45. The number of hydrogen-bond donors (Lipinski definition) is 0. The van der Waals surface area contributed by atoms with E-state index in [1.807, 2.05) is 11.8 Å². The van der Waals surface area contributed by atoms with E-state index in [1.165, 1.54) is 42.9 Å². The monoisotopic (exact) mass is 278 g/mol. The fourth-order valence-corrected chi connectivity index (χ4v) is 3.44. The Balaban J connectivity index is 1.20. The number of ether oxygens (including phenoxy) is 3. The minimum atomic E-state index is 0.136. The summed E-state index contributed by atoms with van der Waals surface area (Å²) in [7, 11) is 0. The zero-order valence-electron chi connectivity index (χ0n) is 10.3. The molecular weight excluding hydrogens is 256 g/mol. The summed E-state index contributed by atoms with van der Waals surface area (Å²) in [4.78, 5) is 0. The smallest absolute Gasteiger partial charge is 0.181 e. The van der Waals surface area contributed by atoms with Crippen LogP contribution in [-0.2, 0) is 14.2 Å². The van der Waals surface area contributed by atoms with Gasteiger partial charge >= 0.3 is 0 Å². The van der Waals surface area contributed by atoms with Crippen LogP contribution in [0.3, 0.4) is 0 Å². The molecule has 2 rings (SSSR count). The molecule has 2 saturated heterocycles. The highest BCUT2D eigenvalue weighted by Crippen LogP contribution is 2.24. The molecule has 0 aromatic rings. The summed E-state index contributed by atoms with van der Waals surface area (Å²) in [6.45, 7) is 2.65. The van der Waals surface area contributed by atoms with Gasteiger partial charge in [0.15, 0.2) is 6.29 Å². The van der Waals surface area contributed by atoms with Crippen LogP contribution < -0.4 is 0 Å². The molecule has 0 aromatic heterocycles. The standard InChI is InChI=1S/C12H22O3S2/c1(2-5-13-11-9-14-11)3-6-16-7-4-8-17-12-10-15-12/h11-12H,1-10H2. The van der Waals surface area contributed by atoms with Crippen molar-refractivity contribution in [2.45, 2.75) is 37.4 Å². The summed E-state index contributed by atoms with van der Waals surface area (Å²) < 4.78 is 15.5. The molecule has 2 fully saturated rings. The van der Waals surface area contributed by atoms with Crippen LogP contribution in [0.15, 0.2) is 0 Å². The molecule has 0 spiro atoms. The second-order valence-electron chi connectivity index (χ2n) is 4.29. The first kappa shape index (κ1) is 14.0. The molecule has 0 aliphatic carbocycles. The van der Waals surface area contributed by atoms with E-state index in [1.54, 1.807) is 0 Å². The maximum absolute atomic E-state index is 5.40. The van der Waals surface area contributed by atoms with Crippen LogP contribution in [0.1, 0.15) is 25.7 Å². The first-order valence-corrected chi connectivity index (χ1v) is 8.69. The normalized spacial score (nSPS) is 26.1. The quantitative estimate of drug-likeness (QED) is 0.405. The van der Waals surface area contributed by atoms with Crippen LogP contribution in [0, 0.1) is 0 Å². The predicted molar refractivity (Wildman–Crippen MR) is 73.7 cm³/mol. The summed E-state index contributed by atoms with van der Waals surface area (Å²) in [5, 5.41) is 0. The zero-order chi connectivity index (χ0) is 11.8. The highest BCUT2D eigenvalue weighted by Gasteiger charge is 2.22. The molecule has 0 aromatic carbocycles. The maximum Gasteiger partial charge on any atom is 0.181 e. The molecule has 0 amide bonds. The number of thioether (sulfide) groups is 2. The molecule has 3 nitrogen and oxygen atoms in total. The summed E-state index contributed by atoms with van der Waals surface area (Å²) in [6.07, 6.45) is 5.23. The molecule has 0 radical (unpaired) electrons. The molecule has 2 aliphatic rings. The molecule has 2 aliphatic heterocycles. The Morgan fingerprint density at radius 3 is 2.53 bits per heavy atom. The van der Waals surface area contributed by atoms with Crippen LogP contribution in [0.5, 0.6) is 0 Å². The lowest BCUT2D eigenvalue weighted by atomic mass is 10.3. The Morgan fingerprint density at radius 2 is 1.76 bits per heavy atom. The summed E-state index contributed by atoms with van der Waals surface area (Å²) >= 11 is 4.04. The Kier molecular flexibility index (Phi) is 7.12. The zero-order valence-corrected chi connectivity index (χ0v) is 11.9. The largest absolute Gasteiger partial charge is 0.362 e. The molecule has 0 N–H and O–H groups in total. The molecule has 17 heavy (non-hydrogen) atoms. The third-order valence-electron chi connectivity index (χ3n) is 2.58. The van der Waals surface area contributed by atoms with Crippen LogP contribution in [0.25, 0.3) is 0 Å². The number of unbranched alkanes of at least 4 members (excludes halogenated alkanes) is 2. The predicted octanol–water partition coefficient (Wildman–Crippen LogP) is 2.74. The topological polar surface area (TPSA) is 34.3 Å². The van der Waals surface area contributed by atoms with Gasteiger partial charge in [-0.3, -0.25) is 0 Å². The van der Waals surface area contributed by atoms with E-state index in [0.717, 1.165) is 19.8 Å². The van der Waals surface area contributed by atoms with Crippen molar-refractivity contribution in [3.05, 3.63) is 0 Å². The van der Waals surface area contributed by atoms with E-state index >= 15 is 0 Å². The number of epoxide rings is 2.